The number of hydrogen-bond donors (Lipinski definition) is 2. The molecule has 0 radical (unpaired) electrons. The van der Waals surface area contributed by atoms with E-state index in [2.05, 4.69) is 12.2 Å². The van der Waals surface area contributed by atoms with Gasteiger partial charge in [0.2, 0.25) is 0 Å². The van der Waals surface area contributed by atoms with Crippen LogP contribution in [0.25, 0.3) is 0 Å². The molecule has 0 amide bonds. The lowest BCUT2D eigenvalue weighted by atomic mass is 10.1. The third-order valence-electron chi connectivity index (χ3n) is 3.34. The van der Waals surface area contributed by atoms with E-state index in [0.717, 1.165) is 31.7 Å². The van der Waals surface area contributed by atoms with Gasteiger partial charge in [0, 0.05) is 24.5 Å². The zero-order chi connectivity index (χ0) is 9.26. The number of nitrogens with one attached hydrogen (secondary N) is 1. The van der Waals surface area contributed by atoms with E-state index in [-0.39, 0.29) is 6.04 Å². The van der Waals surface area contributed by atoms with E-state index >= 15 is 0 Å². The van der Waals surface area contributed by atoms with Crippen molar-refractivity contribution >= 4 is 0 Å². The van der Waals surface area contributed by atoms with Gasteiger partial charge in [-0.15, -0.1) is 0 Å². The molecule has 3 N–H and O–H groups in total. The second kappa shape index (κ2) is 3.95. The van der Waals surface area contributed by atoms with Crippen LogP contribution in [0.5, 0.6) is 0 Å². The lowest BCUT2D eigenvalue weighted by Gasteiger charge is -2.13. The summed E-state index contributed by atoms with van der Waals surface area (Å²) in [6.07, 6.45) is 2.67. The lowest BCUT2D eigenvalue weighted by molar-refractivity contribution is 0.183. The van der Waals surface area contributed by atoms with Crippen molar-refractivity contribution in [3.05, 3.63) is 0 Å². The third kappa shape index (κ3) is 2.22. The maximum Gasteiger partial charge on any atom is 0.0621 e. The Bertz CT molecular complexity index is 174. The molecule has 2 rings (SSSR count). The quantitative estimate of drug-likeness (QED) is 0.662. The molecule has 13 heavy (non-hydrogen) atoms. The standard InChI is InChI=1S/C10H20N2O/c1-2-7-3-10(7)12-4-8-5-13-6-9(8)11/h7-10,12H,2-6,11H2,1H3. The first-order chi connectivity index (χ1) is 6.31. The highest BCUT2D eigenvalue weighted by Gasteiger charge is 2.36. The fraction of sp³-hybridized carbons (Fsp3) is 1.00. The largest absolute Gasteiger partial charge is 0.379 e. The van der Waals surface area contributed by atoms with Gasteiger partial charge in [-0.3, -0.25) is 0 Å². The molecular formula is C10H20N2O. The van der Waals surface area contributed by atoms with Crippen LogP contribution in [0.4, 0.5) is 0 Å². The Morgan fingerprint density at radius 2 is 2.23 bits per heavy atom. The molecule has 0 bridgehead atoms. The molecule has 0 spiro atoms. The van der Waals surface area contributed by atoms with E-state index in [1.165, 1.54) is 12.8 Å². The number of hydrogen-bond acceptors (Lipinski definition) is 3. The van der Waals surface area contributed by atoms with Crippen molar-refractivity contribution < 1.29 is 4.74 Å². The van der Waals surface area contributed by atoms with Crippen molar-refractivity contribution in [2.24, 2.45) is 17.6 Å². The molecule has 0 aromatic carbocycles. The van der Waals surface area contributed by atoms with Crippen LogP contribution in [0.3, 0.4) is 0 Å². The van der Waals surface area contributed by atoms with Crippen LogP contribution in [0.1, 0.15) is 19.8 Å². The molecule has 4 atom stereocenters. The van der Waals surface area contributed by atoms with Crippen molar-refractivity contribution in [3.8, 4) is 0 Å². The van der Waals surface area contributed by atoms with Gasteiger partial charge >= 0.3 is 0 Å². The maximum absolute atomic E-state index is 5.89. The Balaban J connectivity index is 1.63. The molecule has 2 fully saturated rings. The summed E-state index contributed by atoms with van der Waals surface area (Å²) >= 11 is 0. The van der Waals surface area contributed by atoms with Crippen LogP contribution >= 0.6 is 0 Å². The fourth-order valence-electron chi connectivity index (χ4n) is 2.08. The highest BCUT2D eigenvalue weighted by molar-refractivity contribution is 4.93. The molecule has 2 aliphatic rings. The van der Waals surface area contributed by atoms with Crippen molar-refractivity contribution in [2.45, 2.75) is 31.8 Å². The zero-order valence-electron chi connectivity index (χ0n) is 8.33. The highest BCUT2D eigenvalue weighted by atomic mass is 16.5. The molecule has 0 aromatic heterocycles. The Hall–Kier alpha value is -0.120. The minimum atomic E-state index is 0.256. The van der Waals surface area contributed by atoms with Gasteiger partial charge in [0.25, 0.3) is 0 Å². The fourth-order valence-corrected chi connectivity index (χ4v) is 2.08. The summed E-state index contributed by atoms with van der Waals surface area (Å²) in [5.74, 6) is 1.47. The molecule has 1 aliphatic heterocycles. The molecular weight excluding hydrogens is 164 g/mol. The molecule has 1 aliphatic carbocycles. The lowest BCUT2D eigenvalue weighted by Crippen LogP contribution is -2.37. The second-order valence-electron chi connectivity index (χ2n) is 4.38. The van der Waals surface area contributed by atoms with Crippen LogP contribution in [-0.2, 0) is 4.74 Å². The average Bonchev–Trinajstić information content (AvgIpc) is 2.79. The Morgan fingerprint density at radius 1 is 1.38 bits per heavy atom. The minimum absolute atomic E-state index is 0.256. The van der Waals surface area contributed by atoms with E-state index in [1.807, 2.05) is 0 Å². The maximum atomic E-state index is 5.89. The summed E-state index contributed by atoms with van der Waals surface area (Å²) in [6, 6.07) is 1.03. The molecule has 1 saturated carbocycles. The van der Waals surface area contributed by atoms with E-state index in [0.29, 0.717) is 5.92 Å². The van der Waals surface area contributed by atoms with Crippen LogP contribution in [0.2, 0.25) is 0 Å². The summed E-state index contributed by atoms with van der Waals surface area (Å²) in [5.41, 5.74) is 5.89. The Kier molecular flexibility index (Phi) is 2.86. The number of ether oxygens (including phenoxy) is 1. The van der Waals surface area contributed by atoms with Crippen molar-refractivity contribution in [1.82, 2.24) is 5.32 Å². The summed E-state index contributed by atoms with van der Waals surface area (Å²) in [6.45, 7) is 4.89. The Labute approximate surface area is 80.0 Å². The molecule has 3 heteroatoms. The second-order valence-corrected chi connectivity index (χ2v) is 4.38. The third-order valence-corrected chi connectivity index (χ3v) is 3.34. The molecule has 1 saturated heterocycles. The van der Waals surface area contributed by atoms with Gasteiger partial charge in [-0.1, -0.05) is 13.3 Å². The normalized spacial score (nSPS) is 43.8. The van der Waals surface area contributed by atoms with Gasteiger partial charge in [-0.25, -0.2) is 0 Å². The summed E-state index contributed by atoms with van der Waals surface area (Å²) in [7, 11) is 0. The van der Waals surface area contributed by atoms with Crippen LogP contribution < -0.4 is 11.1 Å². The van der Waals surface area contributed by atoms with Crippen LogP contribution in [0.15, 0.2) is 0 Å². The SMILES string of the molecule is CCC1CC1NCC1COCC1N. The minimum Gasteiger partial charge on any atom is -0.379 e. The van der Waals surface area contributed by atoms with Gasteiger partial charge in [-0.2, -0.15) is 0 Å². The first kappa shape index (κ1) is 9.44. The van der Waals surface area contributed by atoms with Gasteiger partial charge in [0.1, 0.15) is 0 Å². The van der Waals surface area contributed by atoms with Crippen molar-refractivity contribution in [3.63, 3.8) is 0 Å². The Morgan fingerprint density at radius 3 is 2.77 bits per heavy atom. The molecule has 76 valence electrons. The van der Waals surface area contributed by atoms with Crippen LogP contribution in [0, 0.1) is 11.8 Å². The number of rotatable bonds is 4. The first-order valence-corrected chi connectivity index (χ1v) is 5.38. The summed E-state index contributed by atoms with van der Waals surface area (Å²) < 4.78 is 5.31. The molecule has 0 aromatic rings. The van der Waals surface area contributed by atoms with E-state index in [1.54, 1.807) is 0 Å². The van der Waals surface area contributed by atoms with E-state index in [9.17, 15) is 0 Å². The zero-order valence-corrected chi connectivity index (χ0v) is 8.33. The highest BCUT2D eigenvalue weighted by Crippen LogP contribution is 2.33. The van der Waals surface area contributed by atoms with Gasteiger partial charge in [0.05, 0.1) is 13.2 Å². The van der Waals surface area contributed by atoms with Crippen molar-refractivity contribution in [2.75, 3.05) is 19.8 Å². The summed E-state index contributed by atoms with van der Waals surface area (Å²) in [5, 5.41) is 3.57. The summed E-state index contributed by atoms with van der Waals surface area (Å²) in [4.78, 5) is 0. The first-order valence-electron chi connectivity index (χ1n) is 5.38. The predicted octanol–water partition coefficient (Wildman–Crippen LogP) is 0.348. The monoisotopic (exact) mass is 184 g/mol. The number of nitrogens with two attached hydrogens (primary N) is 1. The smallest absolute Gasteiger partial charge is 0.0621 e. The molecule has 1 heterocycles. The van der Waals surface area contributed by atoms with Crippen molar-refractivity contribution in [1.29, 1.82) is 0 Å². The van der Waals surface area contributed by atoms with E-state index in [4.69, 9.17) is 10.5 Å². The average molecular weight is 184 g/mol. The van der Waals surface area contributed by atoms with E-state index < -0.39 is 0 Å². The van der Waals surface area contributed by atoms with Crippen LogP contribution in [-0.4, -0.2) is 31.8 Å². The molecule has 4 unspecified atom stereocenters. The van der Waals surface area contributed by atoms with Gasteiger partial charge < -0.3 is 15.8 Å². The van der Waals surface area contributed by atoms with Gasteiger partial charge in [0.15, 0.2) is 0 Å². The predicted molar refractivity (Wildman–Crippen MR) is 52.5 cm³/mol. The topological polar surface area (TPSA) is 47.3 Å². The van der Waals surface area contributed by atoms with Gasteiger partial charge in [-0.05, 0) is 12.3 Å². The molecule has 3 nitrogen and oxygen atoms in total.